The molecule has 0 aliphatic carbocycles. The highest BCUT2D eigenvalue weighted by atomic mass is 35.5. The zero-order chi connectivity index (χ0) is 16.9. The van der Waals surface area contributed by atoms with Crippen LogP contribution >= 0.6 is 36.4 Å². The highest BCUT2D eigenvalue weighted by Gasteiger charge is 2.18. The van der Waals surface area contributed by atoms with Crippen molar-refractivity contribution in [1.29, 1.82) is 0 Å². The highest BCUT2D eigenvalue weighted by molar-refractivity contribution is 6.30. The molecule has 2 aromatic rings. The summed E-state index contributed by atoms with van der Waals surface area (Å²) in [6.45, 7) is 9.93. The summed E-state index contributed by atoms with van der Waals surface area (Å²) in [5.41, 5.74) is 5.71. The van der Waals surface area contributed by atoms with E-state index in [-0.39, 0.29) is 24.8 Å². The number of hydrogen-bond acceptors (Lipinski definition) is 2. The maximum Gasteiger partial charge on any atom is 0.0406 e. The van der Waals surface area contributed by atoms with Gasteiger partial charge in [-0.25, -0.2) is 0 Å². The fourth-order valence-electron chi connectivity index (χ4n) is 3.50. The van der Waals surface area contributed by atoms with Gasteiger partial charge in [-0.1, -0.05) is 43.6 Å². The number of piperazine rings is 1. The molecule has 0 radical (unpaired) electrons. The predicted molar refractivity (Wildman–Crippen MR) is 119 cm³/mol. The maximum atomic E-state index is 5.97. The Bertz CT molecular complexity index is 665. The molecule has 26 heavy (non-hydrogen) atoms. The largest absolute Gasteiger partial charge is 0.369 e. The van der Waals surface area contributed by atoms with E-state index >= 15 is 0 Å². The quantitative estimate of drug-likeness (QED) is 0.624. The Hall–Kier alpha value is -0.930. The second kappa shape index (κ2) is 11.0. The van der Waals surface area contributed by atoms with E-state index in [0.717, 1.165) is 50.6 Å². The van der Waals surface area contributed by atoms with E-state index in [9.17, 15) is 0 Å². The van der Waals surface area contributed by atoms with Gasteiger partial charge >= 0.3 is 0 Å². The van der Waals surface area contributed by atoms with Crippen LogP contribution in [0.3, 0.4) is 0 Å². The minimum atomic E-state index is 0. The number of anilines is 1. The van der Waals surface area contributed by atoms with Gasteiger partial charge in [-0.05, 0) is 53.8 Å². The van der Waals surface area contributed by atoms with Crippen LogP contribution in [-0.2, 0) is 19.4 Å². The molecule has 0 spiro atoms. The van der Waals surface area contributed by atoms with Crippen LogP contribution in [0.4, 0.5) is 5.69 Å². The lowest BCUT2D eigenvalue weighted by Gasteiger charge is -2.36. The van der Waals surface area contributed by atoms with E-state index in [2.05, 4.69) is 54.0 Å². The minimum absolute atomic E-state index is 0. The Morgan fingerprint density at radius 1 is 0.808 bits per heavy atom. The van der Waals surface area contributed by atoms with Crippen molar-refractivity contribution in [2.75, 3.05) is 31.1 Å². The number of halogens is 3. The van der Waals surface area contributed by atoms with E-state index in [1.54, 1.807) is 0 Å². The first-order valence-corrected chi connectivity index (χ1v) is 9.41. The molecule has 3 rings (SSSR count). The van der Waals surface area contributed by atoms with Crippen molar-refractivity contribution in [2.45, 2.75) is 33.2 Å². The zero-order valence-corrected chi connectivity index (χ0v) is 18.0. The number of hydrogen-bond donors (Lipinski definition) is 0. The predicted octanol–water partition coefficient (Wildman–Crippen LogP) is 5.63. The second-order valence-electron chi connectivity index (χ2n) is 6.55. The average molecular weight is 416 g/mol. The van der Waals surface area contributed by atoms with Gasteiger partial charge in [0, 0.05) is 43.4 Å². The molecular formula is C21H29Cl3N2. The molecule has 0 amide bonds. The van der Waals surface area contributed by atoms with Crippen LogP contribution in [0, 0.1) is 0 Å². The fourth-order valence-corrected chi connectivity index (χ4v) is 3.62. The summed E-state index contributed by atoms with van der Waals surface area (Å²) in [6, 6.07) is 15.2. The number of aryl methyl sites for hydroxylation is 2. The van der Waals surface area contributed by atoms with Gasteiger partial charge in [0.15, 0.2) is 0 Å². The van der Waals surface area contributed by atoms with Gasteiger partial charge < -0.3 is 4.90 Å². The molecular weight excluding hydrogens is 387 g/mol. The van der Waals surface area contributed by atoms with Gasteiger partial charge in [0.2, 0.25) is 0 Å². The lowest BCUT2D eigenvalue weighted by Crippen LogP contribution is -2.46. The van der Waals surface area contributed by atoms with E-state index in [0.29, 0.717) is 0 Å². The number of nitrogens with zero attached hydrogens (tertiary/aromatic N) is 2. The van der Waals surface area contributed by atoms with Crippen LogP contribution in [0.5, 0.6) is 0 Å². The molecule has 1 fully saturated rings. The molecule has 0 bridgehead atoms. The lowest BCUT2D eigenvalue weighted by atomic mass is 10.0. The standard InChI is InChI=1S/C21H27ClN2.2ClH/c1-3-18-7-10-21(15-19(18)4-2)24-13-11-23(12-14-24)16-17-5-8-20(22)9-6-17;;/h5-10,15H,3-4,11-14,16H2,1-2H3;2*1H. The van der Waals surface area contributed by atoms with Crippen LogP contribution in [0.2, 0.25) is 5.02 Å². The first kappa shape index (κ1) is 23.1. The third kappa shape index (κ3) is 5.79. The molecule has 1 heterocycles. The Kier molecular flexibility index (Phi) is 9.81. The van der Waals surface area contributed by atoms with Crippen molar-refractivity contribution in [3.8, 4) is 0 Å². The molecule has 1 saturated heterocycles. The summed E-state index contributed by atoms with van der Waals surface area (Å²) in [6.07, 6.45) is 2.24. The van der Waals surface area contributed by atoms with Crippen LogP contribution in [-0.4, -0.2) is 31.1 Å². The summed E-state index contributed by atoms with van der Waals surface area (Å²) in [7, 11) is 0. The summed E-state index contributed by atoms with van der Waals surface area (Å²) in [4.78, 5) is 5.05. The molecule has 144 valence electrons. The van der Waals surface area contributed by atoms with Crippen molar-refractivity contribution in [3.05, 3.63) is 64.2 Å². The Morgan fingerprint density at radius 3 is 2.00 bits per heavy atom. The molecule has 2 aromatic carbocycles. The van der Waals surface area contributed by atoms with Crippen molar-refractivity contribution in [3.63, 3.8) is 0 Å². The highest BCUT2D eigenvalue weighted by Crippen LogP contribution is 2.22. The van der Waals surface area contributed by atoms with Crippen molar-refractivity contribution < 1.29 is 0 Å². The van der Waals surface area contributed by atoms with Crippen molar-refractivity contribution >= 4 is 42.1 Å². The van der Waals surface area contributed by atoms with Gasteiger partial charge in [0.1, 0.15) is 0 Å². The van der Waals surface area contributed by atoms with E-state index in [4.69, 9.17) is 11.6 Å². The van der Waals surface area contributed by atoms with Gasteiger partial charge in [-0.3, -0.25) is 4.90 Å². The average Bonchev–Trinajstić information content (AvgIpc) is 2.63. The zero-order valence-electron chi connectivity index (χ0n) is 15.6. The second-order valence-corrected chi connectivity index (χ2v) is 6.99. The summed E-state index contributed by atoms with van der Waals surface area (Å²) in [5.74, 6) is 0. The number of rotatable bonds is 5. The molecule has 5 heteroatoms. The van der Waals surface area contributed by atoms with Gasteiger partial charge in [0.25, 0.3) is 0 Å². The van der Waals surface area contributed by atoms with Crippen LogP contribution in [0.1, 0.15) is 30.5 Å². The first-order chi connectivity index (χ1) is 11.7. The topological polar surface area (TPSA) is 6.48 Å². The normalized spacial score (nSPS) is 14.5. The molecule has 0 N–H and O–H groups in total. The third-order valence-electron chi connectivity index (χ3n) is 5.01. The van der Waals surface area contributed by atoms with Gasteiger partial charge in [-0.2, -0.15) is 0 Å². The molecule has 1 aliphatic rings. The monoisotopic (exact) mass is 414 g/mol. The first-order valence-electron chi connectivity index (χ1n) is 9.03. The molecule has 1 aliphatic heterocycles. The van der Waals surface area contributed by atoms with E-state index < -0.39 is 0 Å². The molecule has 0 unspecified atom stereocenters. The molecule has 0 aromatic heterocycles. The molecule has 0 atom stereocenters. The van der Waals surface area contributed by atoms with Crippen molar-refractivity contribution in [1.82, 2.24) is 4.90 Å². The van der Waals surface area contributed by atoms with Crippen molar-refractivity contribution in [2.24, 2.45) is 0 Å². The Labute approximate surface area is 175 Å². The third-order valence-corrected chi connectivity index (χ3v) is 5.26. The van der Waals surface area contributed by atoms with Gasteiger partial charge in [-0.15, -0.1) is 24.8 Å². The van der Waals surface area contributed by atoms with Gasteiger partial charge in [0.05, 0.1) is 0 Å². The summed E-state index contributed by atoms with van der Waals surface area (Å²) < 4.78 is 0. The molecule has 2 nitrogen and oxygen atoms in total. The maximum absolute atomic E-state index is 5.97. The lowest BCUT2D eigenvalue weighted by molar-refractivity contribution is 0.250. The van der Waals surface area contributed by atoms with Crippen LogP contribution in [0.15, 0.2) is 42.5 Å². The SMILES string of the molecule is CCc1ccc(N2CCN(Cc3ccc(Cl)cc3)CC2)cc1CC.Cl.Cl. The number of benzene rings is 2. The van der Waals surface area contributed by atoms with Crippen LogP contribution in [0.25, 0.3) is 0 Å². The Balaban J connectivity index is 0.00000169. The van der Waals surface area contributed by atoms with Crippen LogP contribution < -0.4 is 4.90 Å². The fraction of sp³-hybridized carbons (Fsp3) is 0.429. The smallest absolute Gasteiger partial charge is 0.0406 e. The summed E-state index contributed by atoms with van der Waals surface area (Å²) in [5, 5.41) is 0.811. The minimum Gasteiger partial charge on any atom is -0.369 e. The molecule has 0 saturated carbocycles. The van der Waals surface area contributed by atoms with E-state index in [1.165, 1.54) is 22.4 Å². The van der Waals surface area contributed by atoms with E-state index in [1.807, 2.05) is 12.1 Å². The Morgan fingerprint density at radius 2 is 1.42 bits per heavy atom. The summed E-state index contributed by atoms with van der Waals surface area (Å²) >= 11 is 5.97.